The number of hydrogen-bond acceptors (Lipinski definition) is 3. The summed E-state index contributed by atoms with van der Waals surface area (Å²) in [6.07, 6.45) is 1.76. The zero-order valence-corrected chi connectivity index (χ0v) is 17.6. The molecule has 0 aliphatic heterocycles. The van der Waals surface area contributed by atoms with Gasteiger partial charge in [-0.3, -0.25) is 4.79 Å². The lowest BCUT2D eigenvalue weighted by Crippen LogP contribution is -2.15. The molecule has 0 saturated carbocycles. The van der Waals surface area contributed by atoms with Crippen molar-refractivity contribution in [2.45, 2.75) is 13.8 Å². The van der Waals surface area contributed by atoms with Crippen LogP contribution in [0.25, 0.3) is 11.6 Å². The summed E-state index contributed by atoms with van der Waals surface area (Å²) in [5.41, 5.74) is 3.73. The second kappa shape index (κ2) is 9.90. The molecule has 3 rings (SSSR count). The smallest absolute Gasteiger partial charge is 0.338 e. The van der Waals surface area contributed by atoms with Crippen molar-refractivity contribution in [3.63, 3.8) is 0 Å². The van der Waals surface area contributed by atoms with Crippen LogP contribution >= 0.6 is 11.6 Å². The van der Waals surface area contributed by atoms with Gasteiger partial charge in [-0.25, -0.2) is 4.79 Å². The number of benzene rings is 3. The summed E-state index contributed by atoms with van der Waals surface area (Å²) in [6.45, 7) is 3.90. The molecule has 0 unspecified atom stereocenters. The Morgan fingerprint density at radius 2 is 1.67 bits per heavy atom. The highest BCUT2D eigenvalue weighted by atomic mass is 35.5. The molecule has 0 aromatic heterocycles. The molecule has 5 heteroatoms. The number of rotatable bonds is 6. The predicted octanol–water partition coefficient (Wildman–Crippen LogP) is 6.00. The molecule has 0 saturated heterocycles. The Hall–Kier alpha value is -3.37. The first-order chi connectivity index (χ1) is 14.5. The minimum Gasteiger partial charge on any atom is -0.462 e. The van der Waals surface area contributed by atoms with E-state index in [2.05, 4.69) is 5.32 Å². The maximum atomic E-state index is 13.2. The molecular formula is C25H22ClNO3. The molecule has 4 nitrogen and oxygen atoms in total. The van der Waals surface area contributed by atoms with Crippen LogP contribution in [-0.4, -0.2) is 18.5 Å². The van der Waals surface area contributed by atoms with Crippen molar-refractivity contribution in [3.05, 3.63) is 100 Å². The Bertz CT molecular complexity index is 1090. The third-order valence-electron chi connectivity index (χ3n) is 4.53. The molecule has 3 aromatic carbocycles. The van der Waals surface area contributed by atoms with E-state index in [1.54, 1.807) is 37.3 Å². The Kier molecular flexibility index (Phi) is 7.04. The second-order valence-corrected chi connectivity index (χ2v) is 7.06. The Morgan fingerprint density at radius 3 is 2.37 bits per heavy atom. The topological polar surface area (TPSA) is 55.4 Å². The summed E-state index contributed by atoms with van der Waals surface area (Å²) in [4.78, 5) is 25.3. The van der Waals surface area contributed by atoms with Crippen LogP contribution in [0, 0.1) is 6.92 Å². The van der Waals surface area contributed by atoms with Gasteiger partial charge in [-0.2, -0.15) is 0 Å². The van der Waals surface area contributed by atoms with Crippen LogP contribution in [0.5, 0.6) is 0 Å². The van der Waals surface area contributed by atoms with Gasteiger partial charge in [-0.05, 0) is 54.8 Å². The van der Waals surface area contributed by atoms with Crippen LogP contribution in [0.4, 0.5) is 5.69 Å². The lowest BCUT2D eigenvalue weighted by atomic mass is 10.0. The lowest BCUT2D eigenvalue weighted by molar-refractivity contribution is -0.111. The van der Waals surface area contributed by atoms with Crippen LogP contribution in [0.3, 0.4) is 0 Å². The Morgan fingerprint density at radius 1 is 0.967 bits per heavy atom. The van der Waals surface area contributed by atoms with Gasteiger partial charge in [0.15, 0.2) is 0 Å². The predicted molar refractivity (Wildman–Crippen MR) is 122 cm³/mol. The molecular weight excluding hydrogens is 398 g/mol. The highest BCUT2D eigenvalue weighted by Crippen LogP contribution is 2.26. The average Bonchev–Trinajstić information content (AvgIpc) is 2.75. The van der Waals surface area contributed by atoms with Crippen LogP contribution in [0.2, 0.25) is 5.02 Å². The fourth-order valence-corrected chi connectivity index (χ4v) is 3.12. The summed E-state index contributed by atoms with van der Waals surface area (Å²) in [5.74, 6) is -0.729. The number of hydrogen-bond donors (Lipinski definition) is 1. The minimum atomic E-state index is -0.428. The second-order valence-electron chi connectivity index (χ2n) is 6.65. The Balaban J connectivity index is 1.98. The van der Waals surface area contributed by atoms with Gasteiger partial charge in [-0.1, -0.05) is 66.2 Å². The van der Waals surface area contributed by atoms with Gasteiger partial charge in [0.2, 0.25) is 0 Å². The van der Waals surface area contributed by atoms with Crippen molar-refractivity contribution in [2.75, 3.05) is 11.9 Å². The number of halogens is 1. The van der Waals surface area contributed by atoms with E-state index in [0.29, 0.717) is 21.8 Å². The Labute approximate surface area is 181 Å². The number of aryl methyl sites for hydroxylation is 1. The van der Waals surface area contributed by atoms with Crippen molar-refractivity contribution in [1.29, 1.82) is 0 Å². The number of esters is 1. The third kappa shape index (κ3) is 5.16. The highest BCUT2D eigenvalue weighted by molar-refractivity contribution is 6.34. The van der Waals surface area contributed by atoms with E-state index in [4.69, 9.17) is 16.3 Å². The van der Waals surface area contributed by atoms with E-state index in [9.17, 15) is 9.59 Å². The number of amides is 1. The molecule has 0 radical (unpaired) electrons. The van der Waals surface area contributed by atoms with Gasteiger partial charge < -0.3 is 10.1 Å². The summed E-state index contributed by atoms with van der Waals surface area (Å²) in [5, 5.41) is 3.48. The summed E-state index contributed by atoms with van der Waals surface area (Å²) >= 11 is 6.30. The van der Waals surface area contributed by atoms with Crippen molar-refractivity contribution in [1.82, 2.24) is 0 Å². The first-order valence-electron chi connectivity index (χ1n) is 9.60. The molecule has 0 fully saturated rings. The molecule has 0 heterocycles. The average molecular weight is 420 g/mol. The van der Waals surface area contributed by atoms with E-state index < -0.39 is 5.97 Å². The van der Waals surface area contributed by atoms with E-state index in [1.807, 2.05) is 55.5 Å². The van der Waals surface area contributed by atoms with Gasteiger partial charge in [-0.15, -0.1) is 0 Å². The quantitative estimate of drug-likeness (QED) is 0.302. The minimum absolute atomic E-state index is 0.285. The maximum absolute atomic E-state index is 13.2. The van der Waals surface area contributed by atoms with Crippen LogP contribution in [-0.2, 0) is 9.53 Å². The summed E-state index contributed by atoms with van der Waals surface area (Å²) in [6, 6.07) is 21.8. The molecule has 152 valence electrons. The normalized spacial score (nSPS) is 11.1. The van der Waals surface area contributed by atoms with Crippen molar-refractivity contribution in [2.24, 2.45) is 0 Å². The van der Waals surface area contributed by atoms with Gasteiger partial charge >= 0.3 is 5.97 Å². The van der Waals surface area contributed by atoms with Crippen molar-refractivity contribution in [3.8, 4) is 0 Å². The molecule has 0 aliphatic rings. The molecule has 1 amide bonds. The van der Waals surface area contributed by atoms with E-state index in [-0.39, 0.29) is 12.5 Å². The summed E-state index contributed by atoms with van der Waals surface area (Å²) < 4.78 is 5.06. The van der Waals surface area contributed by atoms with Gasteiger partial charge in [0.05, 0.1) is 12.2 Å². The van der Waals surface area contributed by atoms with Crippen molar-refractivity contribution < 1.29 is 14.3 Å². The molecule has 0 spiro atoms. The van der Waals surface area contributed by atoms with Crippen molar-refractivity contribution >= 4 is 40.8 Å². The molecule has 0 bridgehead atoms. The molecule has 30 heavy (non-hydrogen) atoms. The monoisotopic (exact) mass is 419 g/mol. The third-order valence-corrected chi connectivity index (χ3v) is 4.88. The standard InChI is InChI=1S/C25H22ClNO3/c1-3-30-25(29)20-14-13-17(2)23(16-20)27-24(28)21(18-9-5-4-6-10-18)15-19-11-7-8-12-22(19)26/h4-16H,3H2,1-2H3,(H,27,28). The van der Waals surface area contributed by atoms with Gasteiger partial charge in [0.1, 0.15) is 0 Å². The molecule has 1 N–H and O–H groups in total. The number of nitrogens with one attached hydrogen (secondary N) is 1. The number of ether oxygens (including phenoxy) is 1. The van der Waals surface area contributed by atoms with Crippen LogP contribution < -0.4 is 5.32 Å². The number of carbonyl (C=O) groups is 2. The van der Waals surface area contributed by atoms with Gasteiger partial charge in [0.25, 0.3) is 5.91 Å². The lowest BCUT2D eigenvalue weighted by Gasteiger charge is -2.13. The number of anilines is 1. The fourth-order valence-electron chi connectivity index (χ4n) is 2.93. The SMILES string of the molecule is CCOC(=O)c1ccc(C)c(NC(=O)C(=Cc2ccccc2Cl)c2ccccc2)c1. The highest BCUT2D eigenvalue weighted by Gasteiger charge is 2.16. The first-order valence-corrected chi connectivity index (χ1v) is 9.98. The van der Waals surface area contributed by atoms with Gasteiger partial charge in [0, 0.05) is 16.3 Å². The number of carbonyl (C=O) groups excluding carboxylic acids is 2. The molecule has 0 atom stereocenters. The molecule has 0 aliphatic carbocycles. The first kappa shape index (κ1) is 21.3. The fraction of sp³-hybridized carbons (Fsp3) is 0.120. The maximum Gasteiger partial charge on any atom is 0.338 e. The van der Waals surface area contributed by atoms with E-state index in [1.165, 1.54) is 0 Å². The zero-order chi connectivity index (χ0) is 21.5. The summed E-state index contributed by atoms with van der Waals surface area (Å²) in [7, 11) is 0. The van der Waals surface area contributed by atoms with E-state index in [0.717, 1.165) is 16.7 Å². The zero-order valence-electron chi connectivity index (χ0n) is 16.8. The van der Waals surface area contributed by atoms with E-state index >= 15 is 0 Å². The van der Waals surface area contributed by atoms with Crippen LogP contribution in [0.1, 0.15) is 34.0 Å². The van der Waals surface area contributed by atoms with Crippen LogP contribution in [0.15, 0.2) is 72.8 Å². The largest absolute Gasteiger partial charge is 0.462 e. The molecule has 3 aromatic rings.